The van der Waals surface area contributed by atoms with Crippen LogP contribution in [0.15, 0.2) is 182 Å². The van der Waals surface area contributed by atoms with E-state index in [0.717, 1.165) is 0 Å². The molecule has 1 aliphatic carbocycles. The maximum absolute atomic E-state index is 2.44. The Kier molecular flexibility index (Phi) is 6.63. The second-order valence-corrected chi connectivity index (χ2v) is 14.5. The second kappa shape index (κ2) is 11.4. The lowest BCUT2D eigenvalue weighted by molar-refractivity contribution is 0.661. The van der Waals surface area contributed by atoms with E-state index >= 15 is 0 Å². The molecule has 0 spiro atoms. The minimum absolute atomic E-state index is 0.0451. The highest BCUT2D eigenvalue weighted by Gasteiger charge is 2.36. The Morgan fingerprint density at radius 2 is 0.765 bits per heavy atom. The Morgan fingerprint density at radius 3 is 1.45 bits per heavy atom. The van der Waals surface area contributed by atoms with Gasteiger partial charge in [0.15, 0.2) is 0 Å². The van der Waals surface area contributed by atoms with Crippen molar-refractivity contribution in [1.82, 2.24) is 0 Å². The predicted octanol–water partition coefficient (Wildman–Crippen LogP) is 14.1. The van der Waals surface area contributed by atoms with Crippen LogP contribution >= 0.6 is 0 Å². The summed E-state index contributed by atoms with van der Waals surface area (Å²) in [5, 5.41) is 7.71. The molecule has 0 radical (unpaired) electrons. The highest BCUT2D eigenvalue weighted by atomic mass is 14.4. The molecule has 0 N–H and O–H groups in total. The fourth-order valence-electron chi connectivity index (χ4n) is 8.77. The van der Waals surface area contributed by atoms with Gasteiger partial charge in [-0.3, -0.25) is 0 Å². The fourth-order valence-corrected chi connectivity index (χ4v) is 8.77. The van der Waals surface area contributed by atoms with E-state index in [1.54, 1.807) is 0 Å². The standard InChI is InChI=1S/C51H36/c1-51(2)46-29-28-38(32-45(46)50-40-18-7-6-15-35(40)27-30-47(50)51)37-16-12-17-39(31-37)49-43-21-10-8-19-41(43)48(42-20-9-11-22-44(42)49)36-25-23-34(24-26-36)33-13-4-3-5-14-33/h3-32H,1-2H3. The lowest BCUT2D eigenvalue weighted by Crippen LogP contribution is -2.14. The number of fused-ring (bicyclic) bond motifs is 7. The van der Waals surface area contributed by atoms with Crippen molar-refractivity contribution in [2.75, 3.05) is 0 Å². The minimum Gasteiger partial charge on any atom is -0.0622 e. The topological polar surface area (TPSA) is 0 Å². The molecule has 0 fully saturated rings. The molecule has 1 aliphatic rings. The van der Waals surface area contributed by atoms with Crippen molar-refractivity contribution in [3.8, 4) is 55.6 Å². The van der Waals surface area contributed by atoms with Crippen LogP contribution in [0.2, 0.25) is 0 Å². The predicted molar refractivity (Wildman–Crippen MR) is 218 cm³/mol. The van der Waals surface area contributed by atoms with Gasteiger partial charge in [-0.2, -0.15) is 0 Å². The molecular formula is C51H36. The number of hydrogen-bond acceptors (Lipinski definition) is 0. The minimum atomic E-state index is -0.0451. The molecule has 240 valence electrons. The summed E-state index contributed by atoms with van der Waals surface area (Å²) in [6.07, 6.45) is 0. The van der Waals surface area contributed by atoms with E-state index in [-0.39, 0.29) is 5.41 Å². The first kappa shape index (κ1) is 29.7. The van der Waals surface area contributed by atoms with Gasteiger partial charge in [0.25, 0.3) is 0 Å². The molecule has 0 heterocycles. The van der Waals surface area contributed by atoms with Crippen LogP contribution < -0.4 is 0 Å². The summed E-state index contributed by atoms with van der Waals surface area (Å²) < 4.78 is 0. The number of rotatable bonds is 4. The Morgan fingerprint density at radius 1 is 0.294 bits per heavy atom. The molecule has 0 aromatic heterocycles. The Hall–Kier alpha value is -6.24. The molecular weight excluding hydrogens is 613 g/mol. The maximum Gasteiger partial charge on any atom is 0.0159 e. The lowest BCUT2D eigenvalue weighted by Gasteiger charge is -2.21. The first-order valence-corrected chi connectivity index (χ1v) is 17.9. The third-order valence-electron chi connectivity index (χ3n) is 11.3. The van der Waals surface area contributed by atoms with Gasteiger partial charge in [0.2, 0.25) is 0 Å². The van der Waals surface area contributed by atoms with E-state index in [1.165, 1.54) is 99.1 Å². The summed E-state index contributed by atoms with van der Waals surface area (Å²) >= 11 is 0. The van der Waals surface area contributed by atoms with Crippen LogP contribution in [0.1, 0.15) is 25.0 Å². The Labute approximate surface area is 299 Å². The van der Waals surface area contributed by atoms with Crippen LogP contribution in [-0.4, -0.2) is 0 Å². The van der Waals surface area contributed by atoms with Gasteiger partial charge in [-0.05, 0) is 111 Å². The van der Waals surface area contributed by atoms with Crippen molar-refractivity contribution in [3.05, 3.63) is 193 Å². The van der Waals surface area contributed by atoms with Gasteiger partial charge in [0, 0.05) is 5.41 Å². The third kappa shape index (κ3) is 4.60. The van der Waals surface area contributed by atoms with Crippen LogP contribution in [-0.2, 0) is 5.41 Å². The average Bonchev–Trinajstić information content (AvgIpc) is 3.43. The molecule has 0 amide bonds. The molecule has 0 saturated heterocycles. The summed E-state index contributed by atoms with van der Waals surface area (Å²) in [4.78, 5) is 0. The number of benzene rings is 9. The summed E-state index contributed by atoms with van der Waals surface area (Å²) in [7, 11) is 0. The second-order valence-electron chi connectivity index (χ2n) is 14.5. The molecule has 9 aromatic carbocycles. The Balaban J connectivity index is 1.14. The monoisotopic (exact) mass is 648 g/mol. The summed E-state index contributed by atoms with van der Waals surface area (Å²) in [5.74, 6) is 0. The zero-order valence-electron chi connectivity index (χ0n) is 28.8. The fraction of sp³-hybridized carbons (Fsp3) is 0.0588. The molecule has 0 saturated carbocycles. The summed E-state index contributed by atoms with van der Waals surface area (Å²) in [6.45, 7) is 4.73. The van der Waals surface area contributed by atoms with Crippen molar-refractivity contribution < 1.29 is 0 Å². The van der Waals surface area contributed by atoms with Crippen molar-refractivity contribution in [2.45, 2.75) is 19.3 Å². The molecule has 51 heavy (non-hydrogen) atoms. The first-order valence-electron chi connectivity index (χ1n) is 17.9. The molecule has 10 rings (SSSR count). The van der Waals surface area contributed by atoms with Crippen LogP contribution in [0.5, 0.6) is 0 Å². The Bertz CT molecular complexity index is 2740. The van der Waals surface area contributed by atoms with Gasteiger partial charge in [-0.1, -0.05) is 184 Å². The zero-order chi connectivity index (χ0) is 34.1. The van der Waals surface area contributed by atoms with Gasteiger partial charge >= 0.3 is 0 Å². The third-order valence-corrected chi connectivity index (χ3v) is 11.3. The summed E-state index contributed by atoms with van der Waals surface area (Å²) in [5.41, 5.74) is 15.5. The van der Waals surface area contributed by atoms with E-state index in [2.05, 4.69) is 196 Å². The van der Waals surface area contributed by atoms with Crippen LogP contribution in [0, 0.1) is 0 Å². The molecule has 0 nitrogen and oxygen atoms in total. The van der Waals surface area contributed by atoms with Gasteiger partial charge in [0.1, 0.15) is 0 Å². The van der Waals surface area contributed by atoms with E-state index in [0.29, 0.717) is 0 Å². The maximum atomic E-state index is 2.44. The van der Waals surface area contributed by atoms with Crippen LogP contribution in [0.25, 0.3) is 88.0 Å². The highest BCUT2D eigenvalue weighted by Crippen LogP contribution is 2.52. The molecule has 0 unspecified atom stereocenters. The van der Waals surface area contributed by atoms with Crippen molar-refractivity contribution in [2.24, 2.45) is 0 Å². The van der Waals surface area contributed by atoms with Crippen molar-refractivity contribution in [1.29, 1.82) is 0 Å². The van der Waals surface area contributed by atoms with Crippen molar-refractivity contribution >= 4 is 32.3 Å². The zero-order valence-corrected chi connectivity index (χ0v) is 28.8. The lowest BCUT2D eigenvalue weighted by atomic mass is 9.81. The molecule has 0 atom stereocenters. The van der Waals surface area contributed by atoms with Crippen LogP contribution in [0.3, 0.4) is 0 Å². The molecule has 0 bridgehead atoms. The first-order chi connectivity index (χ1) is 25.1. The van der Waals surface area contributed by atoms with Crippen molar-refractivity contribution in [3.63, 3.8) is 0 Å². The summed E-state index contributed by atoms with van der Waals surface area (Å²) in [6, 6.07) is 67.3. The smallest absolute Gasteiger partial charge is 0.0159 e. The number of hydrogen-bond donors (Lipinski definition) is 0. The van der Waals surface area contributed by atoms with Gasteiger partial charge in [-0.15, -0.1) is 0 Å². The van der Waals surface area contributed by atoms with E-state index < -0.39 is 0 Å². The van der Waals surface area contributed by atoms with E-state index in [1.807, 2.05) is 0 Å². The largest absolute Gasteiger partial charge is 0.0622 e. The molecule has 0 aliphatic heterocycles. The van der Waals surface area contributed by atoms with Gasteiger partial charge < -0.3 is 0 Å². The van der Waals surface area contributed by atoms with E-state index in [4.69, 9.17) is 0 Å². The van der Waals surface area contributed by atoms with E-state index in [9.17, 15) is 0 Å². The molecule has 0 heteroatoms. The SMILES string of the molecule is CC1(C)c2ccc(-c3cccc(-c4c5ccccc5c(-c5ccc(-c6ccccc6)cc5)c5ccccc45)c3)cc2-c2c1ccc1ccccc21. The molecule has 9 aromatic rings. The van der Waals surface area contributed by atoms with Gasteiger partial charge in [0.05, 0.1) is 0 Å². The average molecular weight is 649 g/mol. The van der Waals surface area contributed by atoms with Crippen LogP contribution in [0.4, 0.5) is 0 Å². The highest BCUT2D eigenvalue weighted by molar-refractivity contribution is 6.21. The normalized spacial score (nSPS) is 13.1. The quantitative estimate of drug-likeness (QED) is 0.167. The van der Waals surface area contributed by atoms with Gasteiger partial charge in [-0.25, -0.2) is 0 Å².